The molecule has 1 fully saturated rings. The van der Waals surface area contributed by atoms with Crippen molar-refractivity contribution in [3.05, 3.63) is 72.3 Å². The van der Waals surface area contributed by atoms with Gasteiger partial charge in [0.25, 0.3) is 0 Å². The summed E-state index contributed by atoms with van der Waals surface area (Å²) in [4.78, 5) is 24.4. The molecule has 0 bridgehead atoms. The monoisotopic (exact) mass is 453 g/mol. The summed E-state index contributed by atoms with van der Waals surface area (Å²) in [5.74, 6) is 1.78. The maximum atomic E-state index is 12.9. The first-order chi connectivity index (χ1) is 16.6. The Morgan fingerprint density at radius 2 is 1.59 bits per heavy atom. The van der Waals surface area contributed by atoms with E-state index in [2.05, 4.69) is 47.0 Å². The molecule has 5 rings (SSSR count). The van der Waals surface area contributed by atoms with E-state index in [4.69, 9.17) is 9.97 Å². The van der Waals surface area contributed by atoms with Crippen molar-refractivity contribution in [2.24, 2.45) is 5.92 Å². The Labute approximate surface area is 200 Å². The van der Waals surface area contributed by atoms with Crippen molar-refractivity contribution in [2.45, 2.75) is 38.3 Å². The molecule has 0 unspecified atom stereocenters. The number of hydrogen-bond acceptors (Lipinski definition) is 5. The van der Waals surface area contributed by atoms with Gasteiger partial charge < -0.3 is 15.5 Å². The van der Waals surface area contributed by atoms with Crippen molar-refractivity contribution >= 4 is 39.3 Å². The van der Waals surface area contributed by atoms with Gasteiger partial charge in [-0.05, 0) is 54.2 Å². The lowest BCUT2D eigenvalue weighted by atomic mass is 9.85. The lowest BCUT2D eigenvalue weighted by molar-refractivity contribution is -0.126. The molecule has 0 atom stereocenters. The zero-order valence-corrected chi connectivity index (χ0v) is 19.8. The van der Waals surface area contributed by atoms with Crippen molar-refractivity contribution in [2.75, 3.05) is 24.3 Å². The minimum absolute atomic E-state index is 0.0582. The van der Waals surface area contributed by atoms with Crippen molar-refractivity contribution in [3.63, 3.8) is 0 Å². The van der Waals surface area contributed by atoms with Crippen LogP contribution in [-0.2, 0) is 11.3 Å². The Morgan fingerprint density at radius 1 is 0.882 bits per heavy atom. The van der Waals surface area contributed by atoms with Crippen molar-refractivity contribution in [1.29, 1.82) is 0 Å². The molecule has 4 aromatic rings. The van der Waals surface area contributed by atoms with Crippen LogP contribution in [0.1, 0.15) is 31.2 Å². The summed E-state index contributed by atoms with van der Waals surface area (Å²) in [7, 11) is 4.00. The first kappa shape index (κ1) is 22.1. The highest BCUT2D eigenvalue weighted by Gasteiger charge is 2.27. The van der Waals surface area contributed by atoms with Gasteiger partial charge in [-0.1, -0.05) is 54.6 Å². The van der Waals surface area contributed by atoms with Crippen LogP contribution in [0.3, 0.4) is 0 Å². The van der Waals surface area contributed by atoms with Crippen LogP contribution in [0.4, 0.5) is 11.8 Å². The molecular weight excluding hydrogens is 422 g/mol. The van der Waals surface area contributed by atoms with E-state index in [-0.39, 0.29) is 17.9 Å². The van der Waals surface area contributed by atoms with Gasteiger partial charge in [-0.15, -0.1) is 0 Å². The number of carbonyl (C=O) groups excluding carboxylic acids is 1. The number of para-hydroxylation sites is 1. The molecule has 1 amide bonds. The fourth-order valence-corrected chi connectivity index (χ4v) is 4.92. The van der Waals surface area contributed by atoms with Crippen LogP contribution in [-0.4, -0.2) is 36.0 Å². The van der Waals surface area contributed by atoms with Crippen molar-refractivity contribution in [3.8, 4) is 0 Å². The molecule has 34 heavy (non-hydrogen) atoms. The highest BCUT2D eigenvalue weighted by atomic mass is 16.1. The molecule has 174 valence electrons. The van der Waals surface area contributed by atoms with Gasteiger partial charge in [0.05, 0.1) is 5.52 Å². The van der Waals surface area contributed by atoms with E-state index >= 15 is 0 Å². The average molecular weight is 454 g/mol. The molecule has 6 heteroatoms. The van der Waals surface area contributed by atoms with E-state index in [0.717, 1.165) is 48.0 Å². The number of nitrogens with zero attached hydrogens (tertiary/aromatic N) is 3. The average Bonchev–Trinajstić information content (AvgIpc) is 2.87. The molecule has 6 nitrogen and oxygen atoms in total. The van der Waals surface area contributed by atoms with Gasteiger partial charge in [-0.3, -0.25) is 4.79 Å². The third kappa shape index (κ3) is 4.67. The second-order valence-electron chi connectivity index (χ2n) is 9.33. The van der Waals surface area contributed by atoms with Crippen molar-refractivity contribution in [1.82, 2.24) is 15.3 Å². The van der Waals surface area contributed by atoms with Crippen LogP contribution >= 0.6 is 0 Å². The lowest BCUT2D eigenvalue weighted by Crippen LogP contribution is -2.36. The largest absolute Gasteiger partial charge is 0.362 e. The number of anilines is 2. The standard InChI is InChI=1S/C28H31N5O/c1-33(2)26-24-12-5-6-13-25(24)31-28(32-26)30-22-16-14-20(15-17-22)27(34)29-18-21-10-7-9-19-8-3-4-11-23(19)21/h3-13,20,22H,14-18H2,1-2H3,(H,29,34)(H,30,31,32)/t20-,22+. The number of fused-ring (bicyclic) bond motifs is 2. The normalized spacial score (nSPS) is 18.1. The van der Waals surface area contributed by atoms with Crippen LogP contribution in [0.5, 0.6) is 0 Å². The third-order valence-electron chi connectivity index (χ3n) is 6.77. The second-order valence-corrected chi connectivity index (χ2v) is 9.33. The van der Waals surface area contributed by atoms with Gasteiger partial charge >= 0.3 is 0 Å². The van der Waals surface area contributed by atoms with Gasteiger partial charge in [0, 0.05) is 38.0 Å². The van der Waals surface area contributed by atoms with E-state index < -0.39 is 0 Å². The Morgan fingerprint density at radius 3 is 2.38 bits per heavy atom. The van der Waals surface area contributed by atoms with Crippen LogP contribution in [0.15, 0.2) is 66.7 Å². The van der Waals surface area contributed by atoms with Crippen LogP contribution < -0.4 is 15.5 Å². The Kier molecular flexibility index (Phi) is 6.30. The summed E-state index contributed by atoms with van der Waals surface area (Å²) in [5.41, 5.74) is 2.09. The molecule has 0 aliphatic heterocycles. The first-order valence-corrected chi connectivity index (χ1v) is 12.0. The van der Waals surface area contributed by atoms with Crippen LogP contribution in [0.25, 0.3) is 21.7 Å². The molecule has 1 heterocycles. The number of aromatic nitrogens is 2. The molecule has 1 aliphatic carbocycles. The quantitative estimate of drug-likeness (QED) is 0.423. The molecule has 2 N–H and O–H groups in total. The maximum Gasteiger partial charge on any atom is 0.225 e. The SMILES string of the molecule is CN(C)c1nc(N[C@H]2CC[C@@H](C(=O)NCc3cccc4ccccc34)CC2)nc2ccccc12. The summed E-state index contributed by atoms with van der Waals surface area (Å²) < 4.78 is 0. The molecular formula is C28H31N5O. The summed E-state index contributed by atoms with van der Waals surface area (Å²) in [6.45, 7) is 0.566. The van der Waals surface area contributed by atoms with E-state index in [1.807, 2.05) is 49.3 Å². The Balaban J connectivity index is 1.18. The van der Waals surface area contributed by atoms with E-state index in [1.54, 1.807) is 0 Å². The number of hydrogen-bond donors (Lipinski definition) is 2. The molecule has 1 saturated carbocycles. The highest BCUT2D eigenvalue weighted by molar-refractivity contribution is 5.90. The molecule has 1 aliphatic rings. The molecule has 3 aromatic carbocycles. The number of carbonyl (C=O) groups is 1. The summed E-state index contributed by atoms with van der Waals surface area (Å²) in [6.07, 6.45) is 3.60. The smallest absolute Gasteiger partial charge is 0.225 e. The van der Waals surface area contributed by atoms with Gasteiger partial charge in [0.2, 0.25) is 11.9 Å². The maximum absolute atomic E-state index is 12.9. The predicted octanol–water partition coefficient (Wildman–Crippen LogP) is 5.14. The summed E-state index contributed by atoms with van der Waals surface area (Å²) in [6, 6.07) is 22.9. The number of rotatable bonds is 6. The van der Waals surface area contributed by atoms with Gasteiger partial charge in [-0.25, -0.2) is 4.98 Å². The molecule has 0 radical (unpaired) electrons. The number of amides is 1. The van der Waals surface area contributed by atoms with Gasteiger partial charge in [-0.2, -0.15) is 4.98 Å². The topological polar surface area (TPSA) is 70.2 Å². The minimum Gasteiger partial charge on any atom is -0.362 e. The minimum atomic E-state index is 0.0582. The third-order valence-corrected chi connectivity index (χ3v) is 6.77. The van der Waals surface area contributed by atoms with Crippen LogP contribution in [0, 0.1) is 5.92 Å². The zero-order valence-electron chi connectivity index (χ0n) is 19.8. The number of benzene rings is 3. The highest BCUT2D eigenvalue weighted by Crippen LogP contribution is 2.29. The summed E-state index contributed by atoms with van der Waals surface area (Å²) >= 11 is 0. The van der Waals surface area contributed by atoms with Crippen LogP contribution in [0.2, 0.25) is 0 Å². The fraction of sp³-hybridized carbons (Fsp3) is 0.321. The molecule has 1 aromatic heterocycles. The van der Waals surface area contributed by atoms with E-state index in [1.165, 1.54) is 10.8 Å². The first-order valence-electron chi connectivity index (χ1n) is 12.0. The molecule has 0 spiro atoms. The zero-order chi connectivity index (χ0) is 23.5. The molecule has 0 saturated heterocycles. The number of nitrogens with one attached hydrogen (secondary N) is 2. The second kappa shape index (κ2) is 9.67. The van der Waals surface area contributed by atoms with Gasteiger partial charge in [0.1, 0.15) is 5.82 Å². The van der Waals surface area contributed by atoms with Crippen molar-refractivity contribution < 1.29 is 4.79 Å². The fourth-order valence-electron chi connectivity index (χ4n) is 4.92. The van der Waals surface area contributed by atoms with E-state index in [9.17, 15) is 4.79 Å². The summed E-state index contributed by atoms with van der Waals surface area (Å²) in [5, 5.41) is 10.1. The lowest BCUT2D eigenvalue weighted by Gasteiger charge is -2.29. The van der Waals surface area contributed by atoms with Gasteiger partial charge in [0.15, 0.2) is 0 Å². The van der Waals surface area contributed by atoms with E-state index in [0.29, 0.717) is 12.5 Å². The predicted molar refractivity (Wildman–Crippen MR) is 139 cm³/mol. The Hall–Kier alpha value is -3.67. The Bertz CT molecular complexity index is 1310.